The summed E-state index contributed by atoms with van der Waals surface area (Å²) in [6.07, 6.45) is -9.72. The zero-order chi connectivity index (χ0) is 27.4. The normalized spacial score (nSPS) is 13.6. The predicted molar refractivity (Wildman–Crippen MR) is 113 cm³/mol. The first-order chi connectivity index (χ1) is 17.2. The van der Waals surface area contributed by atoms with Crippen molar-refractivity contribution in [1.82, 2.24) is 15.1 Å². The van der Waals surface area contributed by atoms with Gasteiger partial charge < -0.3 is 20.7 Å². The van der Waals surface area contributed by atoms with E-state index in [1.54, 1.807) is 6.07 Å². The topological polar surface area (TPSA) is 122 Å². The number of nitrogens with zero attached hydrogens (tertiary/aromatic N) is 4. The molecule has 0 radical (unpaired) electrons. The number of aliphatic imine (C=N–C) groups is 1. The second-order valence-electron chi connectivity index (χ2n) is 7.43. The van der Waals surface area contributed by atoms with Crippen molar-refractivity contribution < 1.29 is 44.8 Å². The van der Waals surface area contributed by atoms with Crippen molar-refractivity contribution in [1.29, 1.82) is 0 Å². The summed E-state index contributed by atoms with van der Waals surface area (Å²) >= 11 is 0. The van der Waals surface area contributed by atoms with Crippen LogP contribution in [0.25, 0.3) is 5.57 Å². The van der Waals surface area contributed by atoms with Crippen molar-refractivity contribution in [3.63, 3.8) is 0 Å². The number of hydrogen-bond acceptors (Lipinski definition) is 8. The van der Waals surface area contributed by atoms with E-state index in [1.165, 1.54) is 35.8 Å². The molecule has 3 rings (SSSR count). The van der Waals surface area contributed by atoms with Crippen LogP contribution < -0.4 is 11.1 Å². The molecular formula is C21H16F8N6O2. The summed E-state index contributed by atoms with van der Waals surface area (Å²) in [5.74, 6) is -3.67. The minimum Gasteiger partial charge on any atom is -0.401 e. The molecule has 4 N–H and O–H groups in total. The fraction of sp³-hybridized carbons (Fsp3) is 0.238. The maximum atomic E-state index is 14.0. The van der Waals surface area contributed by atoms with E-state index in [0.717, 1.165) is 6.21 Å². The average Bonchev–Trinajstić information content (AvgIpc) is 3.33. The molecule has 198 valence electrons. The van der Waals surface area contributed by atoms with Crippen LogP contribution in [-0.2, 0) is 6.42 Å². The van der Waals surface area contributed by atoms with Crippen LogP contribution in [0.5, 0.6) is 0 Å². The number of alkyl halides is 6. The first-order valence-electron chi connectivity index (χ1n) is 10.0. The molecule has 1 aromatic carbocycles. The van der Waals surface area contributed by atoms with E-state index in [0.29, 0.717) is 6.20 Å². The lowest BCUT2D eigenvalue weighted by Crippen LogP contribution is -2.61. The molecule has 0 saturated carbocycles. The van der Waals surface area contributed by atoms with Gasteiger partial charge in [-0.25, -0.2) is 18.8 Å². The Bertz CT molecular complexity index is 1270. The number of aromatic nitrogens is 3. The number of aliphatic hydroxyl groups is 1. The van der Waals surface area contributed by atoms with Gasteiger partial charge >= 0.3 is 12.4 Å². The summed E-state index contributed by atoms with van der Waals surface area (Å²) in [6.45, 7) is -2.20. The third-order valence-corrected chi connectivity index (χ3v) is 4.89. The van der Waals surface area contributed by atoms with E-state index >= 15 is 0 Å². The number of hydrogen-bond donors (Lipinski definition) is 3. The Morgan fingerprint density at radius 1 is 1.05 bits per heavy atom. The predicted octanol–water partition coefficient (Wildman–Crippen LogP) is 4.33. The van der Waals surface area contributed by atoms with Gasteiger partial charge in [-0.2, -0.15) is 31.3 Å². The molecule has 0 fully saturated rings. The number of rotatable bonds is 8. The molecule has 3 aromatic rings. The fourth-order valence-corrected chi connectivity index (χ4v) is 2.85. The molecule has 0 aliphatic rings. The highest BCUT2D eigenvalue weighted by atomic mass is 19.4. The molecule has 0 unspecified atom stereocenters. The average molecular weight is 536 g/mol. The van der Waals surface area contributed by atoms with Crippen molar-refractivity contribution in [3.8, 4) is 0 Å². The van der Waals surface area contributed by atoms with Crippen LogP contribution in [0.2, 0.25) is 0 Å². The van der Waals surface area contributed by atoms with Crippen molar-refractivity contribution in [2.75, 3.05) is 11.9 Å². The number of benzene rings is 1. The number of anilines is 1. The van der Waals surface area contributed by atoms with Gasteiger partial charge in [-0.05, 0) is 11.6 Å². The lowest BCUT2D eigenvalue weighted by Gasteiger charge is -2.32. The van der Waals surface area contributed by atoms with E-state index in [9.17, 15) is 40.2 Å². The van der Waals surface area contributed by atoms with Crippen molar-refractivity contribution in [2.45, 2.75) is 24.4 Å². The van der Waals surface area contributed by atoms with E-state index in [1.807, 2.05) is 0 Å². The molecule has 37 heavy (non-hydrogen) atoms. The summed E-state index contributed by atoms with van der Waals surface area (Å²) in [7, 11) is 0. The monoisotopic (exact) mass is 536 g/mol. The summed E-state index contributed by atoms with van der Waals surface area (Å²) in [5, 5.41) is 14.4. The molecule has 0 saturated heterocycles. The molecule has 0 atom stereocenters. The van der Waals surface area contributed by atoms with Crippen LogP contribution in [-0.4, -0.2) is 50.9 Å². The van der Waals surface area contributed by atoms with Crippen LogP contribution >= 0.6 is 0 Å². The van der Waals surface area contributed by atoms with Crippen LogP contribution in [0.15, 0.2) is 58.0 Å². The smallest absolute Gasteiger partial charge is 0.401 e. The molecule has 0 bridgehead atoms. The highest BCUT2D eigenvalue weighted by molar-refractivity contribution is 6.10. The number of nitrogens with two attached hydrogens (primary N) is 1. The van der Waals surface area contributed by atoms with Gasteiger partial charge in [0.2, 0.25) is 0 Å². The Balaban J connectivity index is 1.90. The van der Waals surface area contributed by atoms with Gasteiger partial charge in [0.1, 0.15) is 17.8 Å². The van der Waals surface area contributed by atoms with Crippen molar-refractivity contribution in [3.05, 3.63) is 71.4 Å². The molecule has 16 heteroatoms. The Labute approximate surface area is 202 Å². The van der Waals surface area contributed by atoms with Crippen LogP contribution in [0, 0.1) is 11.6 Å². The van der Waals surface area contributed by atoms with Gasteiger partial charge in [0.15, 0.2) is 11.6 Å². The highest BCUT2D eigenvalue weighted by Gasteiger charge is 2.70. The maximum Gasteiger partial charge on any atom is 0.428 e. The second kappa shape index (κ2) is 10.5. The lowest BCUT2D eigenvalue weighted by atomic mass is 10.0. The molecular weight excluding hydrogens is 520 g/mol. The van der Waals surface area contributed by atoms with E-state index in [4.69, 9.17) is 10.3 Å². The van der Waals surface area contributed by atoms with Gasteiger partial charge in [0, 0.05) is 30.0 Å². The van der Waals surface area contributed by atoms with Gasteiger partial charge in [-0.1, -0.05) is 23.4 Å². The number of allylic oxidation sites excluding steroid dienone is 2. The van der Waals surface area contributed by atoms with Crippen LogP contribution in [0.4, 0.5) is 46.9 Å². The first kappa shape index (κ1) is 27.5. The maximum absolute atomic E-state index is 14.0. The largest absolute Gasteiger partial charge is 0.428 e. The van der Waals surface area contributed by atoms with Crippen LogP contribution in [0.3, 0.4) is 0 Å². The van der Waals surface area contributed by atoms with Gasteiger partial charge in [-0.15, -0.1) is 0 Å². The van der Waals surface area contributed by atoms with Gasteiger partial charge in [0.25, 0.3) is 11.5 Å². The summed E-state index contributed by atoms with van der Waals surface area (Å²) in [6, 6.07) is 7.12. The molecule has 8 nitrogen and oxygen atoms in total. The van der Waals surface area contributed by atoms with Crippen molar-refractivity contribution in [2.24, 2.45) is 10.7 Å². The Morgan fingerprint density at radius 3 is 2.32 bits per heavy atom. The summed E-state index contributed by atoms with van der Waals surface area (Å²) < 4.78 is 110. The third-order valence-electron chi connectivity index (χ3n) is 4.89. The molecule has 0 aliphatic carbocycles. The SMILES string of the molecule is NC(Cc1ccccc1F)=C(C=Nc1ncc(F)c(NCC(O)(C(F)(F)F)C(F)(F)F)n1)c1ccon1. The Hall–Kier alpha value is -4.08. The third kappa shape index (κ3) is 6.19. The zero-order valence-electron chi connectivity index (χ0n) is 18.3. The molecule has 2 aromatic heterocycles. The quantitative estimate of drug-likeness (QED) is 0.290. The number of halogens is 8. The Morgan fingerprint density at radius 2 is 1.73 bits per heavy atom. The highest BCUT2D eigenvalue weighted by Crippen LogP contribution is 2.43. The Kier molecular flexibility index (Phi) is 7.80. The van der Waals surface area contributed by atoms with E-state index in [-0.39, 0.29) is 28.9 Å². The number of nitrogens with one attached hydrogen (secondary N) is 1. The zero-order valence-corrected chi connectivity index (χ0v) is 18.3. The molecule has 0 spiro atoms. The minimum atomic E-state index is -6.13. The lowest BCUT2D eigenvalue weighted by molar-refractivity contribution is -0.362. The molecule has 0 aliphatic heterocycles. The van der Waals surface area contributed by atoms with Crippen LogP contribution in [0.1, 0.15) is 11.3 Å². The summed E-state index contributed by atoms with van der Waals surface area (Å²) in [5.41, 5.74) is 1.39. The standard InChI is InChI=1S/C21H16F8N6O2/c22-13-4-2-1-3-11(13)7-15(30)12(16-5-6-37-35-16)8-31-18-32-9-14(23)17(34-18)33-10-19(36,20(24,25)26)21(27,28)29/h1-6,8-9,36H,7,10,30H2,(H,32,33,34). The summed E-state index contributed by atoms with van der Waals surface area (Å²) in [4.78, 5) is 10.8. The molecule has 0 amide bonds. The van der Waals surface area contributed by atoms with Crippen molar-refractivity contribution >= 4 is 23.6 Å². The minimum absolute atomic E-state index is 0.0450. The fourth-order valence-electron chi connectivity index (χ4n) is 2.85. The first-order valence-corrected chi connectivity index (χ1v) is 10.0. The van der Waals surface area contributed by atoms with E-state index < -0.39 is 47.9 Å². The van der Waals surface area contributed by atoms with Gasteiger partial charge in [-0.3, -0.25) is 0 Å². The second-order valence-corrected chi connectivity index (χ2v) is 7.43. The van der Waals surface area contributed by atoms with E-state index in [2.05, 4.69) is 20.1 Å². The molecule has 2 heterocycles. The van der Waals surface area contributed by atoms with Gasteiger partial charge in [0.05, 0.1) is 12.7 Å².